The fourth-order valence-corrected chi connectivity index (χ4v) is 2.12. The first-order valence-electron chi connectivity index (χ1n) is 6.66. The van der Waals surface area contributed by atoms with Crippen molar-refractivity contribution in [1.82, 2.24) is 4.98 Å². The Morgan fingerprint density at radius 2 is 1.94 bits per heavy atom. The molecule has 0 saturated heterocycles. The lowest BCUT2D eigenvalue weighted by molar-refractivity contribution is 0.713. The number of hydrogen-bond donors (Lipinski definition) is 1. The summed E-state index contributed by atoms with van der Waals surface area (Å²) in [5.74, 6) is 1.06. The second-order valence-electron chi connectivity index (χ2n) is 4.49. The molecule has 1 aromatic carbocycles. The highest BCUT2D eigenvalue weighted by Gasteiger charge is 2.06. The first-order valence-corrected chi connectivity index (χ1v) is 6.66. The zero-order valence-electron chi connectivity index (χ0n) is 11.0. The van der Waals surface area contributed by atoms with Crippen LogP contribution in [0.2, 0.25) is 0 Å². The Morgan fingerprint density at radius 1 is 1.11 bits per heavy atom. The third kappa shape index (κ3) is 2.99. The zero-order chi connectivity index (χ0) is 12.8. The van der Waals surface area contributed by atoms with Gasteiger partial charge in [0, 0.05) is 18.5 Å². The summed E-state index contributed by atoms with van der Waals surface area (Å²) in [6.07, 6.45) is 2.13. The van der Waals surface area contributed by atoms with Crippen molar-refractivity contribution in [2.45, 2.75) is 19.8 Å². The summed E-state index contributed by atoms with van der Waals surface area (Å²) < 4.78 is 0. The van der Waals surface area contributed by atoms with Crippen molar-refractivity contribution in [3.8, 4) is 0 Å². The van der Waals surface area contributed by atoms with E-state index in [9.17, 15) is 0 Å². The van der Waals surface area contributed by atoms with Crippen LogP contribution in [0.4, 0.5) is 5.82 Å². The Morgan fingerprint density at radius 3 is 2.72 bits per heavy atom. The molecule has 0 spiro atoms. The maximum Gasteiger partial charge on any atom is 0.129 e. The van der Waals surface area contributed by atoms with Crippen molar-refractivity contribution in [3.63, 3.8) is 0 Å². The Labute approximate surface area is 109 Å². The number of aromatic nitrogens is 1. The minimum Gasteiger partial charge on any atom is -0.357 e. The Balaban J connectivity index is 2.25. The third-order valence-electron chi connectivity index (χ3n) is 3.03. The van der Waals surface area contributed by atoms with Crippen LogP contribution in [-0.2, 0) is 0 Å². The van der Waals surface area contributed by atoms with Crippen LogP contribution in [0.15, 0.2) is 36.4 Å². The zero-order valence-corrected chi connectivity index (χ0v) is 11.0. The molecule has 2 rings (SSSR count). The van der Waals surface area contributed by atoms with Crippen molar-refractivity contribution in [2.24, 2.45) is 5.73 Å². The second-order valence-corrected chi connectivity index (χ2v) is 4.49. The number of nitrogens with zero attached hydrogens (tertiary/aromatic N) is 2. The lowest BCUT2D eigenvalue weighted by Gasteiger charge is -2.23. The molecule has 2 N–H and O–H groups in total. The van der Waals surface area contributed by atoms with E-state index in [2.05, 4.69) is 36.1 Å². The highest BCUT2D eigenvalue weighted by Crippen LogP contribution is 2.18. The molecule has 0 bridgehead atoms. The van der Waals surface area contributed by atoms with E-state index < -0.39 is 0 Å². The van der Waals surface area contributed by atoms with Gasteiger partial charge in [0.25, 0.3) is 0 Å². The minimum absolute atomic E-state index is 0.730. The lowest BCUT2D eigenvalue weighted by Crippen LogP contribution is -2.27. The predicted octanol–water partition coefficient (Wildman–Crippen LogP) is 2.80. The van der Waals surface area contributed by atoms with Gasteiger partial charge in [0.15, 0.2) is 0 Å². The molecule has 0 aliphatic rings. The van der Waals surface area contributed by atoms with E-state index >= 15 is 0 Å². The molecule has 1 aromatic heterocycles. The standard InChI is InChI=1S/C15H21N3/c1-2-11-18(12-5-10-16)15-9-8-13-6-3-4-7-14(13)17-15/h3-4,6-9H,2,5,10-12,16H2,1H3. The van der Waals surface area contributed by atoms with Crippen LogP contribution in [0.3, 0.4) is 0 Å². The number of hydrogen-bond acceptors (Lipinski definition) is 3. The van der Waals surface area contributed by atoms with Gasteiger partial charge in [-0.25, -0.2) is 4.98 Å². The fraction of sp³-hybridized carbons (Fsp3) is 0.400. The van der Waals surface area contributed by atoms with Gasteiger partial charge < -0.3 is 10.6 Å². The molecule has 0 amide bonds. The van der Waals surface area contributed by atoms with Gasteiger partial charge in [-0.05, 0) is 37.6 Å². The van der Waals surface area contributed by atoms with E-state index in [-0.39, 0.29) is 0 Å². The van der Waals surface area contributed by atoms with Crippen LogP contribution in [0, 0.1) is 0 Å². The molecule has 0 aliphatic carbocycles. The van der Waals surface area contributed by atoms with Gasteiger partial charge in [-0.1, -0.05) is 25.1 Å². The average Bonchev–Trinajstić information content (AvgIpc) is 2.43. The van der Waals surface area contributed by atoms with E-state index in [1.165, 1.54) is 5.39 Å². The number of fused-ring (bicyclic) bond motifs is 1. The van der Waals surface area contributed by atoms with Gasteiger partial charge in [0.05, 0.1) is 5.52 Å². The third-order valence-corrected chi connectivity index (χ3v) is 3.03. The van der Waals surface area contributed by atoms with Gasteiger partial charge in [-0.2, -0.15) is 0 Å². The molecule has 0 unspecified atom stereocenters. The van der Waals surface area contributed by atoms with Crippen LogP contribution in [0.1, 0.15) is 19.8 Å². The summed E-state index contributed by atoms with van der Waals surface area (Å²) in [5.41, 5.74) is 6.65. The van der Waals surface area contributed by atoms with Gasteiger partial charge in [-0.15, -0.1) is 0 Å². The van der Waals surface area contributed by atoms with Gasteiger partial charge >= 0.3 is 0 Å². The molecule has 96 valence electrons. The normalized spacial score (nSPS) is 10.8. The highest BCUT2D eigenvalue weighted by atomic mass is 15.2. The molecule has 0 radical (unpaired) electrons. The monoisotopic (exact) mass is 243 g/mol. The van der Waals surface area contributed by atoms with E-state index in [4.69, 9.17) is 10.7 Å². The van der Waals surface area contributed by atoms with Gasteiger partial charge in [-0.3, -0.25) is 0 Å². The number of para-hydroxylation sites is 1. The molecule has 3 nitrogen and oxygen atoms in total. The Bertz CT molecular complexity index is 496. The molecular weight excluding hydrogens is 222 g/mol. The predicted molar refractivity (Wildman–Crippen MR) is 77.9 cm³/mol. The van der Waals surface area contributed by atoms with Gasteiger partial charge in [0.2, 0.25) is 0 Å². The van der Waals surface area contributed by atoms with E-state index in [0.29, 0.717) is 0 Å². The molecule has 0 saturated carbocycles. The minimum atomic E-state index is 0.730. The molecular formula is C15H21N3. The number of benzene rings is 1. The SMILES string of the molecule is CCCN(CCCN)c1ccc2ccccc2n1. The second kappa shape index (κ2) is 6.36. The van der Waals surface area contributed by atoms with Crippen molar-refractivity contribution in [2.75, 3.05) is 24.5 Å². The summed E-state index contributed by atoms with van der Waals surface area (Å²) in [6, 6.07) is 12.5. The summed E-state index contributed by atoms with van der Waals surface area (Å²) in [6.45, 7) is 4.94. The first kappa shape index (κ1) is 12.8. The van der Waals surface area contributed by atoms with Crippen LogP contribution >= 0.6 is 0 Å². The Hall–Kier alpha value is -1.61. The summed E-state index contributed by atoms with van der Waals surface area (Å²) in [4.78, 5) is 7.05. The molecule has 1 heterocycles. The molecule has 0 aliphatic heterocycles. The molecule has 0 atom stereocenters. The number of nitrogens with two attached hydrogens (primary N) is 1. The summed E-state index contributed by atoms with van der Waals surface area (Å²) in [7, 11) is 0. The fourth-order valence-electron chi connectivity index (χ4n) is 2.12. The largest absolute Gasteiger partial charge is 0.357 e. The van der Waals surface area contributed by atoms with E-state index in [0.717, 1.165) is 43.8 Å². The molecule has 3 heteroatoms. The number of anilines is 1. The molecule has 0 fully saturated rings. The van der Waals surface area contributed by atoms with Crippen LogP contribution in [0.5, 0.6) is 0 Å². The van der Waals surface area contributed by atoms with Crippen LogP contribution in [0.25, 0.3) is 10.9 Å². The maximum absolute atomic E-state index is 5.59. The molecule has 18 heavy (non-hydrogen) atoms. The first-order chi connectivity index (χ1) is 8.85. The topological polar surface area (TPSA) is 42.1 Å². The van der Waals surface area contributed by atoms with E-state index in [1.807, 2.05) is 12.1 Å². The number of pyridine rings is 1. The highest BCUT2D eigenvalue weighted by molar-refractivity contribution is 5.80. The van der Waals surface area contributed by atoms with Crippen LogP contribution in [-0.4, -0.2) is 24.6 Å². The summed E-state index contributed by atoms with van der Waals surface area (Å²) >= 11 is 0. The molecule has 2 aromatic rings. The van der Waals surface area contributed by atoms with Crippen molar-refractivity contribution in [3.05, 3.63) is 36.4 Å². The summed E-state index contributed by atoms with van der Waals surface area (Å²) in [5, 5.41) is 1.19. The van der Waals surface area contributed by atoms with Crippen molar-refractivity contribution >= 4 is 16.7 Å². The number of rotatable bonds is 6. The van der Waals surface area contributed by atoms with Crippen molar-refractivity contribution in [1.29, 1.82) is 0 Å². The van der Waals surface area contributed by atoms with Crippen LogP contribution < -0.4 is 10.6 Å². The average molecular weight is 243 g/mol. The van der Waals surface area contributed by atoms with Crippen molar-refractivity contribution < 1.29 is 0 Å². The van der Waals surface area contributed by atoms with E-state index in [1.54, 1.807) is 0 Å². The maximum atomic E-state index is 5.59. The lowest BCUT2D eigenvalue weighted by atomic mass is 10.2. The Kier molecular flexibility index (Phi) is 4.53. The smallest absolute Gasteiger partial charge is 0.129 e. The quantitative estimate of drug-likeness (QED) is 0.848. The van der Waals surface area contributed by atoms with Gasteiger partial charge in [0.1, 0.15) is 5.82 Å².